The fourth-order valence-corrected chi connectivity index (χ4v) is 7.17. The summed E-state index contributed by atoms with van der Waals surface area (Å²) in [6.07, 6.45) is 1.61. The van der Waals surface area contributed by atoms with Crippen LogP contribution in [0.25, 0.3) is 22.3 Å². The molecule has 1 atom stereocenters. The summed E-state index contributed by atoms with van der Waals surface area (Å²) in [5.74, 6) is 0.872. The summed E-state index contributed by atoms with van der Waals surface area (Å²) in [6.45, 7) is 11.1. The second kappa shape index (κ2) is 12.1. The average molecular weight is 587 g/mol. The van der Waals surface area contributed by atoms with Gasteiger partial charge in [0.2, 0.25) is 0 Å². The highest BCUT2D eigenvalue weighted by molar-refractivity contribution is 7.82. The largest absolute Gasteiger partial charge is 0.308 e. The van der Waals surface area contributed by atoms with Crippen molar-refractivity contribution in [2.24, 2.45) is 5.92 Å². The molecule has 3 aromatic heterocycles. The lowest BCUT2D eigenvalue weighted by Gasteiger charge is -2.18. The Morgan fingerprint density at radius 2 is 1.76 bits per heavy atom. The number of benzene rings is 2. The van der Waals surface area contributed by atoms with Gasteiger partial charge in [-0.1, -0.05) is 63.2 Å². The summed E-state index contributed by atoms with van der Waals surface area (Å²) in [6, 6.07) is 20.9. The van der Waals surface area contributed by atoms with Crippen LogP contribution in [-0.4, -0.2) is 29.2 Å². The van der Waals surface area contributed by atoms with Gasteiger partial charge in [0.05, 0.1) is 6.54 Å². The van der Waals surface area contributed by atoms with E-state index < -0.39 is 17.2 Å². The van der Waals surface area contributed by atoms with Crippen LogP contribution >= 0.6 is 11.3 Å². The monoisotopic (exact) mass is 586 g/mol. The highest BCUT2D eigenvalue weighted by atomic mass is 32.2. The van der Waals surface area contributed by atoms with Crippen molar-refractivity contribution in [3.05, 3.63) is 99.8 Å². The number of rotatable bonds is 9. The van der Waals surface area contributed by atoms with E-state index in [2.05, 4.69) is 50.5 Å². The van der Waals surface area contributed by atoms with Crippen LogP contribution in [0.4, 0.5) is 5.00 Å². The lowest BCUT2D eigenvalue weighted by atomic mass is 10.0. The Labute approximate surface area is 247 Å². The zero-order valence-electron chi connectivity index (χ0n) is 23.9. The first kappa shape index (κ1) is 28.9. The molecule has 0 fully saturated rings. The average Bonchev–Trinajstić information content (AvgIpc) is 3.50. The Bertz CT molecular complexity index is 1720. The van der Waals surface area contributed by atoms with Gasteiger partial charge in [-0.25, -0.2) is 14.2 Å². The van der Waals surface area contributed by atoms with Crippen molar-refractivity contribution in [2.75, 3.05) is 4.31 Å². The molecule has 7 nitrogen and oxygen atoms in total. The number of fused-ring (bicyclic) bond motifs is 1. The van der Waals surface area contributed by atoms with E-state index >= 15 is 0 Å². The van der Waals surface area contributed by atoms with Gasteiger partial charge in [0.15, 0.2) is 5.65 Å². The summed E-state index contributed by atoms with van der Waals surface area (Å²) < 4.78 is 26.0. The van der Waals surface area contributed by atoms with Crippen molar-refractivity contribution < 1.29 is 13.6 Å². The molecule has 41 heavy (non-hydrogen) atoms. The molecule has 0 aliphatic carbocycles. The molecule has 9 heteroatoms. The van der Waals surface area contributed by atoms with Crippen LogP contribution in [0.15, 0.2) is 66.7 Å². The van der Waals surface area contributed by atoms with Gasteiger partial charge >= 0.3 is 0 Å². The Hall–Kier alpha value is -3.66. The van der Waals surface area contributed by atoms with Crippen LogP contribution in [0.3, 0.4) is 0 Å². The second-order valence-corrected chi connectivity index (χ2v) is 12.6. The van der Waals surface area contributed by atoms with Gasteiger partial charge in [-0.15, -0.1) is 11.3 Å². The first-order chi connectivity index (χ1) is 19.7. The number of aryl methyl sites for hydroxylation is 3. The molecular weight excluding hydrogens is 553 g/mol. The molecule has 0 spiro atoms. The predicted octanol–water partition coefficient (Wildman–Crippen LogP) is 7.37. The van der Waals surface area contributed by atoms with Crippen LogP contribution in [0, 0.1) is 19.8 Å². The number of thiophene rings is 1. The minimum absolute atomic E-state index is 0.355. The van der Waals surface area contributed by atoms with Crippen molar-refractivity contribution in [2.45, 2.75) is 54.0 Å². The molecule has 1 amide bonds. The van der Waals surface area contributed by atoms with Gasteiger partial charge in [-0.3, -0.25) is 9.35 Å². The van der Waals surface area contributed by atoms with Gasteiger partial charge in [-0.05, 0) is 67.1 Å². The maximum Gasteiger partial charge on any atom is 0.272 e. The first-order valence-corrected chi connectivity index (χ1v) is 15.6. The molecule has 0 saturated heterocycles. The number of carbonyl (C=O) groups is 1. The lowest BCUT2D eigenvalue weighted by Crippen LogP contribution is -2.32. The number of imidazole rings is 1. The quantitative estimate of drug-likeness (QED) is 0.182. The summed E-state index contributed by atoms with van der Waals surface area (Å²) >= 11 is -1.15. The molecule has 1 unspecified atom stereocenters. The number of amides is 1. The minimum atomic E-state index is -2.54. The van der Waals surface area contributed by atoms with Gasteiger partial charge in [0.1, 0.15) is 16.3 Å². The zero-order chi connectivity index (χ0) is 29.3. The van der Waals surface area contributed by atoms with E-state index in [0.29, 0.717) is 23.0 Å². The van der Waals surface area contributed by atoms with Crippen LogP contribution in [0.2, 0.25) is 0 Å². The molecule has 5 aromatic rings. The first-order valence-electron chi connectivity index (χ1n) is 13.7. The van der Waals surface area contributed by atoms with E-state index in [0.717, 1.165) is 67.0 Å². The van der Waals surface area contributed by atoms with Gasteiger partial charge in [0, 0.05) is 28.1 Å². The highest BCUT2D eigenvalue weighted by Gasteiger charge is 2.28. The summed E-state index contributed by atoms with van der Waals surface area (Å²) in [7, 11) is 0. The van der Waals surface area contributed by atoms with Gasteiger partial charge in [-0.2, -0.15) is 4.31 Å². The van der Waals surface area contributed by atoms with E-state index in [1.165, 1.54) is 11.3 Å². The number of nitrogens with zero attached hydrogens (tertiary/aromatic N) is 4. The fraction of sp³-hybridized carbons (Fsp3) is 0.281. The number of hydrogen-bond donors (Lipinski definition) is 1. The Morgan fingerprint density at radius 3 is 2.39 bits per heavy atom. The summed E-state index contributed by atoms with van der Waals surface area (Å²) in [4.78, 5) is 24.1. The van der Waals surface area contributed by atoms with E-state index in [4.69, 9.17) is 9.97 Å². The number of aromatic nitrogens is 3. The van der Waals surface area contributed by atoms with Crippen LogP contribution in [-0.2, 0) is 30.7 Å². The SMILES string of the molecule is CCc1nc2c(C)cc(C)nc2n1Cc1ccc(-c2cc(CC(C)C)sc2N(C(=O)c2ccccc2)S(=O)O)cc1. The van der Waals surface area contributed by atoms with Crippen molar-refractivity contribution in [1.29, 1.82) is 0 Å². The lowest BCUT2D eigenvalue weighted by molar-refractivity contribution is 0.101. The van der Waals surface area contributed by atoms with E-state index in [1.807, 2.05) is 31.2 Å². The van der Waals surface area contributed by atoms with Crippen LogP contribution in [0.5, 0.6) is 0 Å². The summed E-state index contributed by atoms with van der Waals surface area (Å²) in [5, 5.41) is 0.465. The Balaban J connectivity index is 1.53. The molecule has 0 bridgehead atoms. The molecule has 0 aliphatic heterocycles. The maximum absolute atomic E-state index is 13.4. The molecular formula is C32H34N4O3S2. The van der Waals surface area contributed by atoms with Crippen molar-refractivity contribution in [3.63, 3.8) is 0 Å². The normalized spacial score (nSPS) is 12.3. The maximum atomic E-state index is 13.4. The van der Waals surface area contributed by atoms with E-state index in [1.54, 1.807) is 24.3 Å². The molecule has 0 saturated carbocycles. The van der Waals surface area contributed by atoms with Crippen molar-refractivity contribution in [3.8, 4) is 11.1 Å². The third-order valence-corrected chi connectivity index (χ3v) is 8.86. The van der Waals surface area contributed by atoms with E-state index in [9.17, 15) is 13.6 Å². The third kappa shape index (κ3) is 6.02. The topological polar surface area (TPSA) is 88.3 Å². The predicted molar refractivity (Wildman–Crippen MR) is 168 cm³/mol. The number of pyridine rings is 1. The van der Waals surface area contributed by atoms with Gasteiger partial charge < -0.3 is 4.57 Å². The minimum Gasteiger partial charge on any atom is -0.308 e. The van der Waals surface area contributed by atoms with Gasteiger partial charge in [0.25, 0.3) is 17.2 Å². The molecule has 212 valence electrons. The number of carbonyl (C=O) groups excluding carboxylic acids is 1. The van der Waals surface area contributed by atoms with Crippen LogP contribution in [0.1, 0.15) is 58.7 Å². The second-order valence-electron chi connectivity index (χ2n) is 10.6. The molecule has 2 aromatic carbocycles. The highest BCUT2D eigenvalue weighted by Crippen LogP contribution is 2.41. The Morgan fingerprint density at radius 1 is 1.05 bits per heavy atom. The van der Waals surface area contributed by atoms with Crippen molar-refractivity contribution in [1.82, 2.24) is 14.5 Å². The van der Waals surface area contributed by atoms with Crippen molar-refractivity contribution >= 4 is 44.7 Å². The summed E-state index contributed by atoms with van der Waals surface area (Å²) in [5.41, 5.74) is 6.99. The Kier molecular flexibility index (Phi) is 8.49. The third-order valence-electron chi connectivity index (χ3n) is 6.94. The molecule has 0 aliphatic rings. The molecule has 1 N–H and O–H groups in total. The molecule has 3 heterocycles. The van der Waals surface area contributed by atoms with Crippen LogP contribution < -0.4 is 4.31 Å². The smallest absolute Gasteiger partial charge is 0.272 e. The molecule has 0 radical (unpaired) electrons. The number of anilines is 1. The number of hydrogen-bond acceptors (Lipinski definition) is 5. The van der Waals surface area contributed by atoms with E-state index in [-0.39, 0.29) is 0 Å². The fourth-order valence-electron chi connectivity index (χ4n) is 5.08. The standard InChI is InChI=1S/C32H34N4O3S2/c1-6-28-34-29-21(4)17-22(5)33-30(29)35(28)19-23-12-14-24(15-13-23)27-18-26(16-20(2)3)40-32(27)36(41(38)39)31(37)25-10-8-7-9-11-25/h7-15,17-18,20H,6,16,19H2,1-5H3,(H,38,39). The zero-order valence-corrected chi connectivity index (χ0v) is 25.6. The molecule has 5 rings (SSSR count).